The molecule has 10 heavy (non-hydrogen) atoms. The van der Waals surface area contributed by atoms with Crippen molar-refractivity contribution in [2.24, 2.45) is 0 Å². The fraction of sp³-hybridized carbons (Fsp3) is 0.286. The van der Waals surface area contributed by atoms with Crippen LogP contribution in [0.1, 0.15) is 5.69 Å². The van der Waals surface area contributed by atoms with Crippen LogP contribution in [-0.4, -0.2) is 12.0 Å². The SMILES string of the molecule is Cc1ncccc1N(C)F. The van der Waals surface area contributed by atoms with Gasteiger partial charge >= 0.3 is 0 Å². The molecule has 0 fully saturated rings. The summed E-state index contributed by atoms with van der Waals surface area (Å²) in [6.07, 6.45) is 1.64. The minimum Gasteiger partial charge on any atom is -0.259 e. The van der Waals surface area contributed by atoms with Crippen molar-refractivity contribution in [3.63, 3.8) is 0 Å². The van der Waals surface area contributed by atoms with Crippen molar-refractivity contribution in [1.29, 1.82) is 0 Å². The maximum absolute atomic E-state index is 12.5. The molecular weight excluding hydrogens is 131 g/mol. The molecule has 0 saturated heterocycles. The van der Waals surface area contributed by atoms with E-state index >= 15 is 0 Å². The van der Waals surface area contributed by atoms with E-state index in [2.05, 4.69) is 4.98 Å². The number of anilines is 1. The lowest BCUT2D eigenvalue weighted by atomic mass is 10.3. The van der Waals surface area contributed by atoms with Gasteiger partial charge in [0.2, 0.25) is 0 Å². The molecule has 0 aromatic carbocycles. The van der Waals surface area contributed by atoms with Crippen LogP contribution in [0.15, 0.2) is 18.3 Å². The zero-order valence-electron chi connectivity index (χ0n) is 6.00. The summed E-state index contributed by atoms with van der Waals surface area (Å²) >= 11 is 0. The Morgan fingerprint density at radius 1 is 1.60 bits per heavy atom. The Labute approximate surface area is 59.2 Å². The molecule has 1 aromatic heterocycles. The molecule has 1 heterocycles. The molecule has 54 valence electrons. The second-order valence-electron chi connectivity index (χ2n) is 2.09. The second-order valence-corrected chi connectivity index (χ2v) is 2.09. The van der Waals surface area contributed by atoms with Crippen molar-refractivity contribution in [1.82, 2.24) is 4.98 Å². The summed E-state index contributed by atoms with van der Waals surface area (Å²) in [5.41, 5.74) is 1.22. The van der Waals surface area contributed by atoms with Gasteiger partial charge in [-0.15, -0.1) is 4.48 Å². The number of rotatable bonds is 1. The summed E-state index contributed by atoms with van der Waals surface area (Å²) in [6, 6.07) is 3.39. The first-order chi connectivity index (χ1) is 4.72. The maximum atomic E-state index is 12.5. The molecule has 1 rings (SSSR count). The lowest BCUT2D eigenvalue weighted by molar-refractivity contribution is 0.474. The molecule has 0 radical (unpaired) electrons. The largest absolute Gasteiger partial charge is 0.259 e. The van der Waals surface area contributed by atoms with Gasteiger partial charge in [-0.05, 0) is 19.1 Å². The Morgan fingerprint density at radius 3 is 2.70 bits per heavy atom. The van der Waals surface area contributed by atoms with Crippen LogP contribution in [0.25, 0.3) is 0 Å². The quantitative estimate of drug-likeness (QED) is 0.552. The minimum absolute atomic E-state index is 0.516. The molecule has 0 aliphatic carbocycles. The van der Waals surface area contributed by atoms with Gasteiger partial charge in [0.1, 0.15) is 0 Å². The summed E-state index contributed by atoms with van der Waals surface area (Å²) in [5.74, 6) is 0. The fourth-order valence-corrected chi connectivity index (χ4v) is 0.801. The predicted molar refractivity (Wildman–Crippen MR) is 38.5 cm³/mol. The number of aryl methyl sites for hydroxylation is 1. The molecule has 0 aliphatic heterocycles. The van der Waals surface area contributed by atoms with E-state index in [1.807, 2.05) is 0 Å². The highest BCUT2D eigenvalue weighted by molar-refractivity contribution is 5.46. The molecule has 1 aromatic rings. The van der Waals surface area contributed by atoms with E-state index < -0.39 is 0 Å². The molecule has 0 amide bonds. The van der Waals surface area contributed by atoms with E-state index in [1.165, 1.54) is 7.05 Å². The number of pyridine rings is 1. The normalized spacial score (nSPS) is 9.50. The van der Waals surface area contributed by atoms with Gasteiger partial charge in [0.05, 0.1) is 11.4 Å². The third-order valence-electron chi connectivity index (χ3n) is 1.31. The number of hydrogen-bond acceptors (Lipinski definition) is 2. The van der Waals surface area contributed by atoms with E-state index in [1.54, 1.807) is 25.3 Å². The summed E-state index contributed by atoms with van der Waals surface area (Å²) < 4.78 is 12.5. The van der Waals surface area contributed by atoms with Crippen LogP contribution < -0.4 is 5.12 Å². The standard InChI is InChI=1S/C7H9FN2/c1-6-7(10(2)8)4-3-5-9-6/h3-5H,1-2H3. The monoisotopic (exact) mass is 140 g/mol. The first-order valence-corrected chi connectivity index (χ1v) is 3.03. The number of aromatic nitrogens is 1. The van der Waals surface area contributed by atoms with Crippen LogP contribution in [0, 0.1) is 6.92 Å². The van der Waals surface area contributed by atoms with Crippen molar-refractivity contribution in [3.8, 4) is 0 Å². The Hall–Kier alpha value is -1.12. The third kappa shape index (κ3) is 1.23. The average Bonchev–Trinajstić information content (AvgIpc) is 1.88. The molecule has 0 atom stereocenters. The molecule has 0 saturated carbocycles. The molecule has 0 N–H and O–H groups in total. The van der Waals surface area contributed by atoms with Crippen molar-refractivity contribution in [3.05, 3.63) is 24.0 Å². The van der Waals surface area contributed by atoms with Crippen molar-refractivity contribution in [2.45, 2.75) is 6.92 Å². The molecule has 2 nitrogen and oxygen atoms in total. The zero-order chi connectivity index (χ0) is 7.56. The topological polar surface area (TPSA) is 16.1 Å². The number of hydrogen-bond donors (Lipinski definition) is 0. The summed E-state index contributed by atoms with van der Waals surface area (Å²) in [6.45, 7) is 1.77. The smallest absolute Gasteiger partial charge is 0.0896 e. The number of nitrogens with zero attached hydrogens (tertiary/aromatic N) is 2. The van der Waals surface area contributed by atoms with Gasteiger partial charge < -0.3 is 0 Å². The fourth-order valence-electron chi connectivity index (χ4n) is 0.801. The van der Waals surface area contributed by atoms with Crippen LogP contribution in [0.3, 0.4) is 0 Å². The van der Waals surface area contributed by atoms with E-state index in [0.29, 0.717) is 16.5 Å². The van der Waals surface area contributed by atoms with Crippen molar-refractivity contribution >= 4 is 5.69 Å². The first kappa shape index (κ1) is 6.99. The lowest BCUT2D eigenvalue weighted by Gasteiger charge is -2.07. The van der Waals surface area contributed by atoms with Crippen molar-refractivity contribution < 1.29 is 4.48 Å². The first-order valence-electron chi connectivity index (χ1n) is 3.03. The van der Waals surface area contributed by atoms with Crippen molar-refractivity contribution in [2.75, 3.05) is 12.2 Å². The molecule has 0 spiro atoms. The van der Waals surface area contributed by atoms with E-state index in [9.17, 15) is 4.48 Å². The Balaban J connectivity index is 3.03. The van der Waals surface area contributed by atoms with E-state index in [4.69, 9.17) is 0 Å². The van der Waals surface area contributed by atoms with E-state index in [0.717, 1.165) is 0 Å². The van der Waals surface area contributed by atoms with Gasteiger partial charge in [-0.2, -0.15) is 0 Å². The highest BCUT2D eigenvalue weighted by Crippen LogP contribution is 2.14. The van der Waals surface area contributed by atoms with E-state index in [-0.39, 0.29) is 0 Å². The van der Waals surface area contributed by atoms with Gasteiger partial charge in [-0.3, -0.25) is 4.98 Å². The van der Waals surface area contributed by atoms with Gasteiger partial charge in [-0.25, -0.2) is 5.12 Å². The van der Waals surface area contributed by atoms with Gasteiger partial charge in [0.25, 0.3) is 0 Å². The zero-order valence-corrected chi connectivity index (χ0v) is 6.00. The molecule has 0 unspecified atom stereocenters. The third-order valence-corrected chi connectivity index (χ3v) is 1.31. The van der Waals surface area contributed by atoms with Crippen LogP contribution in [0.4, 0.5) is 10.2 Å². The average molecular weight is 140 g/mol. The van der Waals surface area contributed by atoms with Gasteiger partial charge in [0, 0.05) is 13.2 Å². The van der Waals surface area contributed by atoms with Gasteiger partial charge in [0.15, 0.2) is 0 Å². The summed E-state index contributed by atoms with van der Waals surface area (Å²) in [4.78, 5) is 3.92. The van der Waals surface area contributed by atoms with Crippen LogP contribution in [-0.2, 0) is 0 Å². The van der Waals surface area contributed by atoms with Crippen LogP contribution in [0.5, 0.6) is 0 Å². The Morgan fingerprint density at radius 2 is 2.30 bits per heavy atom. The van der Waals surface area contributed by atoms with Crippen LogP contribution >= 0.6 is 0 Å². The van der Waals surface area contributed by atoms with Crippen LogP contribution in [0.2, 0.25) is 0 Å². The highest BCUT2D eigenvalue weighted by atomic mass is 19.2. The summed E-state index contributed by atoms with van der Waals surface area (Å²) in [7, 11) is 1.35. The molecular formula is C7H9FN2. The second kappa shape index (κ2) is 2.64. The summed E-state index contributed by atoms with van der Waals surface area (Å²) in [5, 5.41) is 0.558. The number of halogens is 1. The lowest BCUT2D eigenvalue weighted by Crippen LogP contribution is -2.04. The Bertz CT molecular complexity index is 223. The predicted octanol–water partition coefficient (Wildman–Crippen LogP) is 1.71. The highest BCUT2D eigenvalue weighted by Gasteiger charge is 2.00. The maximum Gasteiger partial charge on any atom is 0.0896 e. The van der Waals surface area contributed by atoms with Gasteiger partial charge in [-0.1, -0.05) is 0 Å². The molecule has 0 bridgehead atoms. The Kier molecular flexibility index (Phi) is 1.85. The molecule has 0 aliphatic rings. The molecule has 3 heteroatoms. The minimum atomic E-state index is 0.516.